The lowest BCUT2D eigenvalue weighted by Crippen LogP contribution is -1.97. The second kappa shape index (κ2) is 8.44. The second-order valence-corrected chi connectivity index (χ2v) is 9.16. The van der Waals surface area contributed by atoms with E-state index in [1.54, 1.807) is 18.5 Å². The van der Waals surface area contributed by atoms with Crippen molar-refractivity contribution in [3.8, 4) is 33.2 Å². The number of halogens is 1. The number of imidazole rings is 1. The van der Waals surface area contributed by atoms with Crippen LogP contribution in [0.4, 0.5) is 10.1 Å². The van der Waals surface area contributed by atoms with Crippen LogP contribution in [0.5, 0.6) is 0 Å². The van der Waals surface area contributed by atoms with E-state index in [1.807, 2.05) is 30.5 Å². The highest BCUT2D eigenvalue weighted by molar-refractivity contribution is 7.13. The first-order valence-corrected chi connectivity index (χ1v) is 11.9. The number of H-pyrrole nitrogens is 2. The SMILES string of the molecule is C=C(CC)Nc1cncc(-c2ccc3[nH]nc(-c4nc5c(-c6ccc(F)s6)nccc5[nH]4)c3c2)c1. The molecule has 5 aromatic heterocycles. The number of hydrogen-bond donors (Lipinski definition) is 3. The quantitative estimate of drug-likeness (QED) is 0.244. The largest absolute Gasteiger partial charge is 0.358 e. The van der Waals surface area contributed by atoms with E-state index in [2.05, 4.69) is 50.0 Å². The molecule has 0 bridgehead atoms. The summed E-state index contributed by atoms with van der Waals surface area (Å²) in [6, 6.07) is 13.2. The molecule has 35 heavy (non-hydrogen) atoms. The van der Waals surface area contributed by atoms with Gasteiger partial charge < -0.3 is 10.3 Å². The summed E-state index contributed by atoms with van der Waals surface area (Å²) in [5, 5.41) is 11.6. The average Bonchev–Trinajstić information content (AvgIpc) is 3.61. The summed E-state index contributed by atoms with van der Waals surface area (Å²) >= 11 is 1.05. The van der Waals surface area contributed by atoms with Gasteiger partial charge in [-0.2, -0.15) is 9.49 Å². The Labute approximate surface area is 203 Å². The molecule has 172 valence electrons. The Kier molecular flexibility index (Phi) is 5.11. The molecule has 0 unspecified atom stereocenters. The molecule has 3 N–H and O–H groups in total. The van der Waals surface area contributed by atoms with Crippen LogP contribution in [0.1, 0.15) is 13.3 Å². The smallest absolute Gasteiger partial charge is 0.177 e. The standard InChI is InChI=1S/C26H20FN7S/c1-3-14(2)30-17-10-16(12-28-13-17)15-4-5-19-18(11-15)23(34-33-19)26-31-20-8-9-29-25(24(20)32-26)21-6-7-22(27)35-21/h4-13,30H,2-3H2,1H3,(H,31,32)(H,33,34). The summed E-state index contributed by atoms with van der Waals surface area (Å²) in [5.41, 5.74) is 7.52. The van der Waals surface area contributed by atoms with Crippen LogP contribution in [0, 0.1) is 5.13 Å². The van der Waals surface area contributed by atoms with Gasteiger partial charge in [0.1, 0.15) is 16.9 Å². The molecule has 0 aliphatic carbocycles. The van der Waals surface area contributed by atoms with Gasteiger partial charge in [-0.25, -0.2) is 4.98 Å². The van der Waals surface area contributed by atoms with Crippen LogP contribution >= 0.6 is 11.3 Å². The Bertz CT molecular complexity index is 1710. The molecule has 0 fully saturated rings. The third kappa shape index (κ3) is 3.85. The van der Waals surface area contributed by atoms with Gasteiger partial charge in [0.15, 0.2) is 11.0 Å². The zero-order valence-electron chi connectivity index (χ0n) is 18.8. The van der Waals surface area contributed by atoms with Crippen molar-refractivity contribution in [3.05, 3.63) is 78.5 Å². The monoisotopic (exact) mass is 481 g/mol. The van der Waals surface area contributed by atoms with E-state index in [4.69, 9.17) is 4.98 Å². The van der Waals surface area contributed by atoms with Gasteiger partial charge in [0.25, 0.3) is 0 Å². The first-order chi connectivity index (χ1) is 17.1. The number of benzene rings is 1. The van der Waals surface area contributed by atoms with E-state index in [-0.39, 0.29) is 5.13 Å². The summed E-state index contributed by atoms with van der Waals surface area (Å²) in [6.45, 7) is 6.06. The fourth-order valence-corrected chi connectivity index (χ4v) is 4.73. The van der Waals surface area contributed by atoms with E-state index in [1.165, 1.54) is 6.07 Å². The molecule has 6 aromatic rings. The molecule has 0 atom stereocenters. The number of thiophene rings is 1. The summed E-state index contributed by atoms with van der Waals surface area (Å²) in [4.78, 5) is 17.7. The van der Waals surface area contributed by atoms with Gasteiger partial charge in [-0.3, -0.25) is 15.1 Å². The van der Waals surface area contributed by atoms with Crippen LogP contribution in [0.25, 0.3) is 55.2 Å². The zero-order chi connectivity index (χ0) is 23.9. The van der Waals surface area contributed by atoms with Gasteiger partial charge in [-0.1, -0.05) is 19.6 Å². The van der Waals surface area contributed by atoms with E-state index in [0.717, 1.165) is 61.6 Å². The van der Waals surface area contributed by atoms with Crippen molar-refractivity contribution in [2.24, 2.45) is 0 Å². The van der Waals surface area contributed by atoms with E-state index < -0.39 is 0 Å². The Morgan fingerprint density at radius 2 is 1.97 bits per heavy atom. The van der Waals surface area contributed by atoms with E-state index in [9.17, 15) is 4.39 Å². The molecule has 9 heteroatoms. The third-order valence-corrected chi connectivity index (χ3v) is 6.69. The first-order valence-electron chi connectivity index (χ1n) is 11.1. The lowest BCUT2D eigenvalue weighted by Gasteiger charge is -2.09. The highest BCUT2D eigenvalue weighted by atomic mass is 32.1. The van der Waals surface area contributed by atoms with E-state index >= 15 is 0 Å². The molecule has 0 aliphatic heterocycles. The van der Waals surface area contributed by atoms with Gasteiger partial charge in [-0.15, -0.1) is 11.3 Å². The molecule has 0 spiro atoms. The number of anilines is 1. The number of hydrogen-bond acceptors (Lipinski definition) is 6. The van der Waals surface area contributed by atoms with Crippen molar-refractivity contribution < 1.29 is 4.39 Å². The fourth-order valence-electron chi connectivity index (χ4n) is 4.00. The molecule has 5 heterocycles. The number of nitrogens with one attached hydrogen (secondary N) is 3. The Morgan fingerprint density at radius 3 is 2.80 bits per heavy atom. The molecular weight excluding hydrogens is 461 g/mol. The number of aromatic amines is 2. The minimum Gasteiger partial charge on any atom is -0.358 e. The minimum absolute atomic E-state index is 0.256. The topological polar surface area (TPSA) is 95.2 Å². The number of fused-ring (bicyclic) bond motifs is 2. The lowest BCUT2D eigenvalue weighted by molar-refractivity contribution is 0.657. The fraction of sp³-hybridized carbons (Fsp3) is 0.0769. The number of allylic oxidation sites excluding steroid dienone is 1. The van der Waals surface area contributed by atoms with Gasteiger partial charge in [-0.05, 0) is 48.4 Å². The summed E-state index contributed by atoms with van der Waals surface area (Å²) in [6.07, 6.45) is 6.15. The molecule has 6 rings (SSSR count). The third-order valence-electron chi connectivity index (χ3n) is 5.81. The second-order valence-electron chi connectivity index (χ2n) is 8.12. The van der Waals surface area contributed by atoms with Crippen LogP contribution in [0.15, 0.2) is 73.3 Å². The van der Waals surface area contributed by atoms with Gasteiger partial charge in [0, 0.05) is 29.0 Å². The summed E-state index contributed by atoms with van der Waals surface area (Å²) < 4.78 is 13.6. The van der Waals surface area contributed by atoms with Crippen molar-refractivity contribution in [2.75, 3.05) is 5.32 Å². The molecule has 7 nitrogen and oxygen atoms in total. The van der Waals surface area contributed by atoms with E-state index in [0.29, 0.717) is 22.7 Å². The highest BCUT2D eigenvalue weighted by Crippen LogP contribution is 2.34. The van der Waals surface area contributed by atoms with Crippen LogP contribution in [0.2, 0.25) is 0 Å². The van der Waals surface area contributed by atoms with Crippen molar-refractivity contribution in [1.82, 2.24) is 30.1 Å². The number of nitrogens with zero attached hydrogens (tertiary/aromatic N) is 4. The first kappa shape index (κ1) is 21.2. The number of rotatable bonds is 6. The van der Waals surface area contributed by atoms with Crippen LogP contribution < -0.4 is 5.32 Å². The average molecular weight is 482 g/mol. The maximum atomic E-state index is 13.6. The molecule has 1 aromatic carbocycles. The van der Waals surface area contributed by atoms with Crippen molar-refractivity contribution in [3.63, 3.8) is 0 Å². The Balaban J connectivity index is 1.43. The van der Waals surface area contributed by atoms with Crippen LogP contribution in [-0.4, -0.2) is 30.1 Å². The number of aromatic nitrogens is 6. The molecule has 0 saturated heterocycles. The maximum absolute atomic E-state index is 13.6. The maximum Gasteiger partial charge on any atom is 0.177 e. The predicted molar refractivity (Wildman–Crippen MR) is 139 cm³/mol. The molecule has 0 aliphatic rings. The van der Waals surface area contributed by atoms with Crippen molar-refractivity contribution >= 4 is 39.0 Å². The van der Waals surface area contributed by atoms with Crippen molar-refractivity contribution in [2.45, 2.75) is 13.3 Å². The van der Waals surface area contributed by atoms with Gasteiger partial charge >= 0.3 is 0 Å². The molecule has 0 saturated carbocycles. The normalized spacial score (nSPS) is 11.4. The zero-order valence-corrected chi connectivity index (χ0v) is 19.6. The molecule has 0 amide bonds. The highest BCUT2D eigenvalue weighted by Gasteiger charge is 2.17. The van der Waals surface area contributed by atoms with Crippen LogP contribution in [-0.2, 0) is 0 Å². The Morgan fingerprint density at radius 1 is 1.06 bits per heavy atom. The van der Waals surface area contributed by atoms with Gasteiger partial charge in [0.05, 0.1) is 27.8 Å². The van der Waals surface area contributed by atoms with Crippen LogP contribution in [0.3, 0.4) is 0 Å². The van der Waals surface area contributed by atoms with Gasteiger partial charge in [0.2, 0.25) is 0 Å². The molecular formula is C26H20FN7S. The predicted octanol–water partition coefficient (Wildman–Crippen LogP) is 6.77. The minimum atomic E-state index is -0.256. The Hall–Kier alpha value is -4.37. The number of pyridine rings is 2. The van der Waals surface area contributed by atoms with Crippen molar-refractivity contribution in [1.29, 1.82) is 0 Å². The summed E-state index contributed by atoms with van der Waals surface area (Å²) in [5.74, 6) is 0.613. The lowest BCUT2D eigenvalue weighted by atomic mass is 10.0. The molecule has 0 radical (unpaired) electrons. The summed E-state index contributed by atoms with van der Waals surface area (Å²) in [7, 11) is 0.